The van der Waals surface area contributed by atoms with E-state index < -0.39 is 0 Å². The molecule has 72 valence electrons. The Kier molecular flexibility index (Phi) is 5.66. The minimum absolute atomic E-state index is 0.740. The van der Waals surface area contributed by atoms with Crippen molar-refractivity contribution in [2.75, 3.05) is 11.0 Å². The number of alkyl halides is 1. The van der Waals surface area contributed by atoms with Crippen molar-refractivity contribution >= 4 is 34.2 Å². The van der Waals surface area contributed by atoms with Crippen LogP contribution in [-0.2, 0) is 6.54 Å². The van der Waals surface area contributed by atoms with E-state index in [2.05, 4.69) is 32.9 Å². The summed E-state index contributed by atoms with van der Waals surface area (Å²) in [4.78, 5) is 3.93. The second-order valence-corrected chi connectivity index (χ2v) is 4.17. The third-order valence-corrected chi connectivity index (χ3v) is 2.76. The van der Waals surface area contributed by atoms with Crippen molar-refractivity contribution < 1.29 is 0 Å². The first-order chi connectivity index (χ1) is 6.34. The first kappa shape index (κ1) is 11.2. The molecule has 1 aromatic rings. The van der Waals surface area contributed by atoms with E-state index in [1.165, 1.54) is 10.8 Å². The number of aromatic nitrogens is 1. The first-order valence-electron chi connectivity index (χ1n) is 4.19. The van der Waals surface area contributed by atoms with Gasteiger partial charge in [0.05, 0.1) is 5.02 Å². The number of hydrogen-bond acceptors (Lipinski definition) is 2. The number of nitrogens with one attached hydrogen (secondary N) is 1. The molecule has 0 radical (unpaired) electrons. The Morgan fingerprint density at radius 3 is 3.08 bits per heavy atom. The molecule has 0 aromatic carbocycles. The highest BCUT2D eigenvalue weighted by atomic mass is 127. The number of nitrogens with zero attached hydrogens (tertiary/aromatic N) is 1. The van der Waals surface area contributed by atoms with Crippen LogP contribution in [0.4, 0.5) is 0 Å². The molecule has 0 spiro atoms. The zero-order valence-electron chi connectivity index (χ0n) is 7.26. The van der Waals surface area contributed by atoms with Gasteiger partial charge in [-0.2, -0.15) is 0 Å². The quantitative estimate of drug-likeness (QED) is 0.514. The molecule has 2 nitrogen and oxygen atoms in total. The normalized spacial score (nSPS) is 10.3. The SMILES string of the molecule is Clc1cnccc1CNCCCI. The predicted octanol–water partition coefficient (Wildman–Crippen LogP) is 2.65. The van der Waals surface area contributed by atoms with Crippen molar-refractivity contribution in [3.63, 3.8) is 0 Å². The van der Waals surface area contributed by atoms with E-state index in [1.807, 2.05) is 6.07 Å². The molecule has 0 amide bonds. The Labute approximate surface area is 97.2 Å². The average molecular weight is 311 g/mol. The van der Waals surface area contributed by atoms with Gasteiger partial charge in [0.1, 0.15) is 0 Å². The van der Waals surface area contributed by atoms with Gasteiger partial charge in [-0.15, -0.1) is 0 Å². The second kappa shape index (κ2) is 6.56. The summed E-state index contributed by atoms with van der Waals surface area (Å²) in [6.07, 6.45) is 4.64. The molecule has 1 N–H and O–H groups in total. The van der Waals surface area contributed by atoms with Gasteiger partial charge in [-0.05, 0) is 24.6 Å². The summed E-state index contributed by atoms with van der Waals surface area (Å²) in [6, 6.07) is 1.94. The van der Waals surface area contributed by atoms with Gasteiger partial charge in [0, 0.05) is 23.4 Å². The molecule has 1 heterocycles. The number of hydrogen-bond donors (Lipinski definition) is 1. The number of pyridine rings is 1. The Morgan fingerprint density at radius 1 is 1.54 bits per heavy atom. The lowest BCUT2D eigenvalue weighted by Gasteiger charge is -2.04. The maximum Gasteiger partial charge on any atom is 0.0634 e. The maximum absolute atomic E-state index is 5.93. The Bertz CT molecular complexity index is 255. The van der Waals surface area contributed by atoms with Crippen molar-refractivity contribution in [1.29, 1.82) is 0 Å². The summed E-state index contributed by atoms with van der Waals surface area (Å²) in [5, 5.41) is 4.07. The van der Waals surface area contributed by atoms with E-state index >= 15 is 0 Å². The van der Waals surface area contributed by atoms with Crippen molar-refractivity contribution in [2.24, 2.45) is 0 Å². The fourth-order valence-corrected chi connectivity index (χ4v) is 1.53. The van der Waals surface area contributed by atoms with Gasteiger partial charge in [-0.25, -0.2) is 0 Å². The van der Waals surface area contributed by atoms with Crippen molar-refractivity contribution in [3.05, 3.63) is 29.0 Å². The molecule has 0 saturated heterocycles. The van der Waals surface area contributed by atoms with Crippen LogP contribution in [0.2, 0.25) is 5.02 Å². The van der Waals surface area contributed by atoms with Crippen molar-refractivity contribution in [1.82, 2.24) is 10.3 Å². The van der Waals surface area contributed by atoms with Crippen LogP contribution < -0.4 is 5.32 Å². The minimum atomic E-state index is 0.740. The number of rotatable bonds is 5. The zero-order chi connectivity index (χ0) is 9.52. The molecular weight excluding hydrogens is 298 g/mol. The van der Waals surface area contributed by atoms with E-state index in [0.29, 0.717) is 0 Å². The smallest absolute Gasteiger partial charge is 0.0634 e. The standard InChI is InChI=1S/C9H12ClIN2/c10-9-7-13-5-2-8(9)6-12-4-1-3-11/h2,5,7,12H,1,3-4,6H2. The van der Waals surface area contributed by atoms with Gasteiger partial charge in [0.2, 0.25) is 0 Å². The molecule has 0 atom stereocenters. The highest BCUT2D eigenvalue weighted by Gasteiger charge is 1.97. The Morgan fingerprint density at radius 2 is 2.38 bits per heavy atom. The molecular formula is C9H12ClIN2. The van der Waals surface area contributed by atoms with Crippen LogP contribution in [0, 0.1) is 0 Å². The molecule has 0 bridgehead atoms. The van der Waals surface area contributed by atoms with Gasteiger partial charge in [-0.1, -0.05) is 34.2 Å². The minimum Gasteiger partial charge on any atom is -0.313 e. The van der Waals surface area contributed by atoms with E-state index in [-0.39, 0.29) is 0 Å². The largest absolute Gasteiger partial charge is 0.313 e. The molecule has 0 aliphatic carbocycles. The predicted molar refractivity (Wildman–Crippen MR) is 64.5 cm³/mol. The molecule has 13 heavy (non-hydrogen) atoms. The zero-order valence-corrected chi connectivity index (χ0v) is 10.2. The summed E-state index contributed by atoms with van der Waals surface area (Å²) in [6.45, 7) is 1.87. The summed E-state index contributed by atoms with van der Waals surface area (Å²) >= 11 is 8.31. The van der Waals surface area contributed by atoms with Gasteiger partial charge < -0.3 is 5.32 Å². The van der Waals surface area contributed by atoms with Gasteiger partial charge in [0.25, 0.3) is 0 Å². The molecule has 0 fully saturated rings. The summed E-state index contributed by atoms with van der Waals surface area (Å²) in [5.74, 6) is 0. The third kappa shape index (κ3) is 4.24. The summed E-state index contributed by atoms with van der Waals surface area (Å²) in [5.41, 5.74) is 1.12. The second-order valence-electron chi connectivity index (χ2n) is 2.69. The lowest BCUT2D eigenvalue weighted by molar-refractivity contribution is 0.681. The molecule has 4 heteroatoms. The Balaban J connectivity index is 2.32. The van der Waals surface area contributed by atoms with Crippen LogP contribution in [0.3, 0.4) is 0 Å². The summed E-state index contributed by atoms with van der Waals surface area (Å²) < 4.78 is 1.19. The molecule has 1 aromatic heterocycles. The lowest BCUT2D eigenvalue weighted by Crippen LogP contribution is -2.15. The first-order valence-corrected chi connectivity index (χ1v) is 6.10. The van der Waals surface area contributed by atoms with Crippen LogP contribution >= 0.6 is 34.2 Å². The lowest BCUT2D eigenvalue weighted by atomic mass is 10.2. The highest BCUT2D eigenvalue weighted by Crippen LogP contribution is 2.12. The monoisotopic (exact) mass is 310 g/mol. The summed E-state index contributed by atoms with van der Waals surface area (Å²) in [7, 11) is 0. The third-order valence-electron chi connectivity index (χ3n) is 1.66. The number of halogens is 2. The Hall–Kier alpha value is 0.130. The van der Waals surface area contributed by atoms with Gasteiger partial charge in [-0.3, -0.25) is 4.98 Å². The van der Waals surface area contributed by atoms with Crippen molar-refractivity contribution in [3.8, 4) is 0 Å². The van der Waals surface area contributed by atoms with Crippen LogP contribution in [-0.4, -0.2) is 16.0 Å². The van der Waals surface area contributed by atoms with E-state index in [1.54, 1.807) is 12.4 Å². The average Bonchev–Trinajstić information content (AvgIpc) is 2.15. The molecule has 1 rings (SSSR count). The highest BCUT2D eigenvalue weighted by molar-refractivity contribution is 14.1. The van der Waals surface area contributed by atoms with Crippen LogP contribution in [0.5, 0.6) is 0 Å². The fraction of sp³-hybridized carbons (Fsp3) is 0.444. The molecule has 0 aliphatic heterocycles. The topological polar surface area (TPSA) is 24.9 Å². The molecule has 0 saturated carbocycles. The maximum atomic E-state index is 5.93. The van der Waals surface area contributed by atoms with E-state index in [0.717, 1.165) is 23.7 Å². The van der Waals surface area contributed by atoms with E-state index in [4.69, 9.17) is 11.6 Å². The van der Waals surface area contributed by atoms with Crippen LogP contribution in [0.15, 0.2) is 18.5 Å². The van der Waals surface area contributed by atoms with E-state index in [9.17, 15) is 0 Å². The van der Waals surface area contributed by atoms with Crippen LogP contribution in [0.25, 0.3) is 0 Å². The molecule has 0 aliphatic rings. The fourth-order valence-electron chi connectivity index (χ4n) is 0.962. The van der Waals surface area contributed by atoms with Gasteiger partial charge in [0.15, 0.2) is 0 Å². The van der Waals surface area contributed by atoms with Crippen LogP contribution in [0.1, 0.15) is 12.0 Å². The van der Waals surface area contributed by atoms with Crippen molar-refractivity contribution in [2.45, 2.75) is 13.0 Å². The van der Waals surface area contributed by atoms with Gasteiger partial charge >= 0.3 is 0 Å². The molecule has 0 unspecified atom stereocenters.